The first-order valence-corrected chi connectivity index (χ1v) is 5.69. The van der Waals surface area contributed by atoms with Crippen LogP contribution in [0.25, 0.3) is 0 Å². The topological polar surface area (TPSA) is 79.8 Å². The molecule has 0 fully saturated rings. The van der Waals surface area contributed by atoms with E-state index in [0.717, 1.165) is 0 Å². The summed E-state index contributed by atoms with van der Waals surface area (Å²) in [6, 6.07) is 4.28. The van der Waals surface area contributed by atoms with Gasteiger partial charge in [-0.1, -0.05) is 6.07 Å². The van der Waals surface area contributed by atoms with Crippen molar-refractivity contribution in [3.8, 4) is 0 Å². The fourth-order valence-electron chi connectivity index (χ4n) is 1.54. The number of hydrogen-bond donors (Lipinski definition) is 2. The van der Waals surface area contributed by atoms with Gasteiger partial charge in [-0.25, -0.2) is 9.37 Å². The molecule has 1 heterocycles. The highest BCUT2D eigenvalue weighted by atomic mass is 19.1. The van der Waals surface area contributed by atoms with Gasteiger partial charge in [0.05, 0.1) is 23.6 Å². The minimum absolute atomic E-state index is 0.0687. The third kappa shape index (κ3) is 3.01. The lowest BCUT2D eigenvalue weighted by molar-refractivity contribution is 0.102. The number of nitrogens with zero attached hydrogens (tertiary/aromatic N) is 3. The molecule has 1 aromatic heterocycles. The van der Waals surface area contributed by atoms with Crippen LogP contribution in [0.1, 0.15) is 17.3 Å². The Hall–Kier alpha value is -2.57. The van der Waals surface area contributed by atoms with Crippen LogP contribution in [-0.4, -0.2) is 27.6 Å². The standard InChI is InChI=1S/C12H12FN5O/c1-2-14-10-8(4-3-5-9(10)13)11(19)17-12-15-6-7-16-18-12/h3-7,14H,2H2,1H3,(H,15,17,18,19). The predicted molar refractivity (Wildman–Crippen MR) is 68.3 cm³/mol. The van der Waals surface area contributed by atoms with E-state index < -0.39 is 11.7 Å². The van der Waals surface area contributed by atoms with Crippen molar-refractivity contribution in [2.45, 2.75) is 6.92 Å². The van der Waals surface area contributed by atoms with Crippen molar-refractivity contribution < 1.29 is 9.18 Å². The van der Waals surface area contributed by atoms with E-state index in [-0.39, 0.29) is 17.2 Å². The van der Waals surface area contributed by atoms with Gasteiger partial charge < -0.3 is 5.32 Å². The van der Waals surface area contributed by atoms with E-state index in [9.17, 15) is 9.18 Å². The molecule has 0 saturated carbocycles. The predicted octanol–water partition coefficient (Wildman–Crippen LogP) is 1.69. The van der Waals surface area contributed by atoms with Crippen molar-refractivity contribution in [2.24, 2.45) is 0 Å². The molecule has 0 aliphatic carbocycles. The quantitative estimate of drug-likeness (QED) is 0.875. The summed E-state index contributed by atoms with van der Waals surface area (Å²) in [5.74, 6) is -0.913. The Bertz CT molecular complexity index is 576. The second kappa shape index (κ2) is 5.85. The van der Waals surface area contributed by atoms with Crippen molar-refractivity contribution in [3.05, 3.63) is 42.0 Å². The molecule has 98 valence electrons. The summed E-state index contributed by atoms with van der Waals surface area (Å²) in [5.41, 5.74) is 0.348. The fourth-order valence-corrected chi connectivity index (χ4v) is 1.54. The molecule has 0 aliphatic rings. The summed E-state index contributed by atoms with van der Waals surface area (Å²) in [6.45, 7) is 2.32. The molecule has 0 saturated heterocycles. The van der Waals surface area contributed by atoms with E-state index in [1.807, 2.05) is 6.92 Å². The SMILES string of the molecule is CCNc1c(F)cccc1C(=O)Nc1nccnn1. The van der Waals surface area contributed by atoms with E-state index in [2.05, 4.69) is 25.8 Å². The highest BCUT2D eigenvalue weighted by molar-refractivity contribution is 6.07. The van der Waals surface area contributed by atoms with Gasteiger partial charge in [-0.3, -0.25) is 10.1 Å². The van der Waals surface area contributed by atoms with Crippen LogP contribution in [0.2, 0.25) is 0 Å². The number of carbonyl (C=O) groups is 1. The number of para-hydroxylation sites is 1. The Labute approximate surface area is 109 Å². The van der Waals surface area contributed by atoms with Crippen molar-refractivity contribution in [3.63, 3.8) is 0 Å². The summed E-state index contributed by atoms with van der Waals surface area (Å²) in [5, 5.41) is 12.5. The number of amides is 1. The van der Waals surface area contributed by atoms with Crippen molar-refractivity contribution in [1.29, 1.82) is 0 Å². The maximum atomic E-state index is 13.7. The van der Waals surface area contributed by atoms with Gasteiger partial charge in [0.15, 0.2) is 0 Å². The minimum Gasteiger partial charge on any atom is -0.382 e. The molecule has 2 N–H and O–H groups in total. The summed E-state index contributed by atoms with van der Waals surface area (Å²) in [6.07, 6.45) is 2.79. The lowest BCUT2D eigenvalue weighted by Gasteiger charge is -2.10. The number of nitrogens with one attached hydrogen (secondary N) is 2. The fraction of sp³-hybridized carbons (Fsp3) is 0.167. The van der Waals surface area contributed by atoms with Gasteiger partial charge in [-0.05, 0) is 19.1 Å². The first-order valence-electron chi connectivity index (χ1n) is 5.69. The lowest BCUT2D eigenvalue weighted by Crippen LogP contribution is -2.17. The van der Waals surface area contributed by atoms with E-state index in [1.165, 1.54) is 30.6 Å². The van der Waals surface area contributed by atoms with E-state index >= 15 is 0 Å². The van der Waals surface area contributed by atoms with Crippen LogP contribution in [0.5, 0.6) is 0 Å². The molecule has 0 spiro atoms. The molecule has 0 radical (unpaired) electrons. The zero-order valence-corrected chi connectivity index (χ0v) is 10.2. The number of rotatable bonds is 4. The van der Waals surface area contributed by atoms with Crippen molar-refractivity contribution in [2.75, 3.05) is 17.2 Å². The normalized spacial score (nSPS) is 10.0. The van der Waals surface area contributed by atoms with Gasteiger partial charge in [-0.2, -0.15) is 5.10 Å². The third-order valence-electron chi connectivity index (χ3n) is 2.32. The maximum absolute atomic E-state index is 13.7. The third-order valence-corrected chi connectivity index (χ3v) is 2.32. The molecule has 2 rings (SSSR count). The zero-order chi connectivity index (χ0) is 13.7. The van der Waals surface area contributed by atoms with Crippen molar-refractivity contribution >= 4 is 17.5 Å². The number of benzene rings is 1. The molecule has 7 heteroatoms. The second-order valence-electron chi connectivity index (χ2n) is 3.61. The highest BCUT2D eigenvalue weighted by Gasteiger charge is 2.15. The Balaban J connectivity index is 2.26. The van der Waals surface area contributed by atoms with E-state index in [4.69, 9.17) is 0 Å². The summed E-state index contributed by atoms with van der Waals surface area (Å²) < 4.78 is 13.7. The number of anilines is 2. The lowest BCUT2D eigenvalue weighted by atomic mass is 10.1. The monoisotopic (exact) mass is 261 g/mol. The van der Waals surface area contributed by atoms with Gasteiger partial charge in [0, 0.05) is 6.54 Å². The average molecular weight is 261 g/mol. The molecule has 0 unspecified atom stereocenters. The molecule has 6 nitrogen and oxygen atoms in total. The smallest absolute Gasteiger partial charge is 0.260 e. The largest absolute Gasteiger partial charge is 0.382 e. The summed E-state index contributed by atoms with van der Waals surface area (Å²) in [4.78, 5) is 15.9. The molecular formula is C12H12FN5O. The maximum Gasteiger partial charge on any atom is 0.260 e. The first kappa shape index (κ1) is 12.9. The van der Waals surface area contributed by atoms with E-state index in [1.54, 1.807) is 0 Å². The minimum atomic E-state index is -0.497. The first-order chi connectivity index (χ1) is 9.22. The Morgan fingerprint density at radius 3 is 2.89 bits per heavy atom. The average Bonchev–Trinajstić information content (AvgIpc) is 2.42. The molecular weight excluding hydrogens is 249 g/mol. The number of aromatic nitrogens is 3. The van der Waals surface area contributed by atoms with Crippen LogP contribution in [0, 0.1) is 5.82 Å². The Kier molecular flexibility index (Phi) is 3.97. The van der Waals surface area contributed by atoms with E-state index in [0.29, 0.717) is 6.54 Å². The molecule has 19 heavy (non-hydrogen) atoms. The molecule has 1 aromatic carbocycles. The highest BCUT2D eigenvalue weighted by Crippen LogP contribution is 2.20. The van der Waals surface area contributed by atoms with Gasteiger partial charge in [-0.15, -0.1) is 5.10 Å². The summed E-state index contributed by atoms with van der Waals surface area (Å²) in [7, 11) is 0. The molecule has 0 aliphatic heterocycles. The van der Waals surface area contributed by atoms with Crippen LogP contribution in [0.4, 0.5) is 16.0 Å². The molecule has 1 amide bonds. The van der Waals surface area contributed by atoms with Gasteiger partial charge >= 0.3 is 0 Å². The second-order valence-corrected chi connectivity index (χ2v) is 3.61. The van der Waals surface area contributed by atoms with Crippen LogP contribution in [0.3, 0.4) is 0 Å². The molecule has 2 aromatic rings. The van der Waals surface area contributed by atoms with Crippen LogP contribution in [0.15, 0.2) is 30.6 Å². The molecule has 0 atom stereocenters. The Morgan fingerprint density at radius 1 is 1.37 bits per heavy atom. The van der Waals surface area contributed by atoms with Crippen LogP contribution >= 0.6 is 0 Å². The zero-order valence-electron chi connectivity index (χ0n) is 10.2. The van der Waals surface area contributed by atoms with Gasteiger partial charge in [0.25, 0.3) is 5.91 Å². The number of hydrogen-bond acceptors (Lipinski definition) is 5. The number of halogens is 1. The Morgan fingerprint density at radius 2 is 2.21 bits per heavy atom. The van der Waals surface area contributed by atoms with Gasteiger partial charge in [0.2, 0.25) is 5.95 Å². The van der Waals surface area contributed by atoms with Crippen LogP contribution in [-0.2, 0) is 0 Å². The number of carbonyl (C=O) groups excluding carboxylic acids is 1. The molecule has 0 bridgehead atoms. The van der Waals surface area contributed by atoms with Crippen LogP contribution < -0.4 is 10.6 Å². The van der Waals surface area contributed by atoms with Gasteiger partial charge in [0.1, 0.15) is 5.82 Å². The summed E-state index contributed by atoms with van der Waals surface area (Å²) >= 11 is 0. The van der Waals surface area contributed by atoms with Crippen molar-refractivity contribution in [1.82, 2.24) is 15.2 Å².